The lowest BCUT2D eigenvalue weighted by Crippen LogP contribution is -2.28. The number of carbonyl (C=O) groups excluding carboxylic acids is 2. The zero-order chi connectivity index (χ0) is 24.0. The van der Waals surface area contributed by atoms with Crippen molar-refractivity contribution in [3.8, 4) is 5.69 Å². The van der Waals surface area contributed by atoms with Crippen LogP contribution >= 0.6 is 11.8 Å². The largest absolute Gasteiger partial charge is 0.341 e. The number of amides is 2. The Morgan fingerprint density at radius 2 is 1.64 bits per heavy atom. The number of nitrogens with zero attached hydrogens (tertiary/aromatic N) is 3. The van der Waals surface area contributed by atoms with Crippen molar-refractivity contribution >= 4 is 29.3 Å². The van der Waals surface area contributed by atoms with E-state index in [9.17, 15) is 14.4 Å². The van der Waals surface area contributed by atoms with Crippen LogP contribution in [0.15, 0.2) is 59.4 Å². The normalized spacial score (nSPS) is 10.8. The van der Waals surface area contributed by atoms with E-state index in [-0.39, 0.29) is 34.6 Å². The highest BCUT2D eigenvalue weighted by Crippen LogP contribution is 2.15. The Balaban J connectivity index is 1.53. The summed E-state index contributed by atoms with van der Waals surface area (Å²) in [6, 6.07) is 17.5. The van der Waals surface area contributed by atoms with E-state index in [2.05, 4.69) is 24.4 Å². The molecule has 3 aromatic rings. The first-order chi connectivity index (χ1) is 15.8. The molecule has 7 nitrogen and oxygen atoms in total. The van der Waals surface area contributed by atoms with Gasteiger partial charge in [-0.2, -0.15) is 0 Å². The number of anilines is 1. The Kier molecular flexibility index (Phi) is 8.16. The summed E-state index contributed by atoms with van der Waals surface area (Å²) in [5.74, 6) is -0.0746. The number of para-hydroxylation sites is 1. The molecule has 1 aromatic heterocycles. The molecular weight excluding hydrogens is 436 g/mol. The molecule has 2 amide bonds. The minimum Gasteiger partial charge on any atom is -0.341 e. The van der Waals surface area contributed by atoms with Crippen LogP contribution < -0.4 is 10.9 Å². The second-order valence-corrected chi connectivity index (χ2v) is 8.88. The molecule has 0 aliphatic carbocycles. The summed E-state index contributed by atoms with van der Waals surface area (Å²) in [7, 11) is 3.54. The van der Waals surface area contributed by atoms with Crippen LogP contribution in [0.2, 0.25) is 0 Å². The predicted octanol–water partition coefficient (Wildman–Crippen LogP) is 3.38. The highest BCUT2D eigenvalue weighted by atomic mass is 32.2. The molecule has 33 heavy (non-hydrogen) atoms. The van der Waals surface area contributed by atoms with Gasteiger partial charge in [-0.3, -0.25) is 19.1 Å². The molecule has 1 heterocycles. The molecular formula is C25H30N4O3S. The minimum absolute atomic E-state index is 0.0466. The Hall–Kier alpha value is -3.26. The van der Waals surface area contributed by atoms with E-state index >= 15 is 0 Å². The smallest absolute Gasteiger partial charge is 0.295 e. The van der Waals surface area contributed by atoms with Gasteiger partial charge < -0.3 is 10.2 Å². The third kappa shape index (κ3) is 5.96. The van der Waals surface area contributed by atoms with Crippen molar-refractivity contribution in [1.29, 1.82) is 0 Å². The monoisotopic (exact) mass is 466 g/mol. The van der Waals surface area contributed by atoms with E-state index in [0.717, 1.165) is 17.7 Å². The molecule has 2 aromatic carbocycles. The van der Waals surface area contributed by atoms with Gasteiger partial charge in [0.15, 0.2) is 0 Å². The molecule has 3 rings (SSSR count). The second-order valence-electron chi connectivity index (χ2n) is 7.90. The number of thioether (sulfide) groups is 1. The lowest BCUT2D eigenvalue weighted by Gasteiger charge is -2.17. The first-order valence-electron chi connectivity index (χ1n) is 10.8. The molecule has 1 N–H and O–H groups in total. The van der Waals surface area contributed by atoms with Crippen molar-refractivity contribution in [1.82, 2.24) is 14.3 Å². The Labute approximate surface area is 198 Å². The molecule has 0 bridgehead atoms. The van der Waals surface area contributed by atoms with Gasteiger partial charge in [0.05, 0.1) is 22.9 Å². The molecule has 0 saturated carbocycles. The lowest BCUT2D eigenvalue weighted by atomic mass is 10.1. The van der Waals surface area contributed by atoms with Gasteiger partial charge in [-0.1, -0.05) is 49.4 Å². The standard InChI is InChI=1S/C25H30N4O3S/c1-5-19-11-13-20(14-12-19)15-27(3)23(31)17-33-16-22(30)26-24-18(2)28(4)29(25(24)32)21-9-7-6-8-10-21/h6-14H,5,15-17H2,1-4H3,(H,26,30). The fraction of sp³-hybridized carbons (Fsp3) is 0.320. The first-order valence-corrected chi connectivity index (χ1v) is 12.0. The molecule has 0 spiro atoms. The van der Waals surface area contributed by atoms with Crippen molar-refractivity contribution in [3.05, 3.63) is 81.8 Å². The third-order valence-corrected chi connectivity index (χ3v) is 6.47. The van der Waals surface area contributed by atoms with Gasteiger partial charge in [0.1, 0.15) is 5.69 Å². The van der Waals surface area contributed by atoms with Crippen LogP contribution in [0.1, 0.15) is 23.7 Å². The number of hydrogen-bond acceptors (Lipinski definition) is 4. The SMILES string of the molecule is CCc1ccc(CN(C)C(=O)CSCC(=O)Nc2c(C)n(C)n(-c3ccccc3)c2=O)cc1. The van der Waals surface area contributed by atoms with Crippen LogP contribution in [-0.2, 0) is 29.6 Å². The molecule has 174 valence electrons. The second kappa shape index (κ2) is 11.0. The lowest BCUT2D eigenvalue weighted by molar-refractivity contribution is -0.127. The molecule has 0 radical (unpaired) electrons. The van der Waals surface area contributed by atoms with E-state index in [4.69, 9.17) is 0 Å². The molecule has 0 aliphatic heterocycles. The van der Waals surface area contributed by atoms with Crippen LogP contribution in [0.25, 0.3) is 5.69 Å². The average molecular weight is 467 g/mol. The van der Waals surface area contributed by atoms with Crippen molar-refractivity contribution < 1.29 is 9.59 Å². The van der Waals surface area contributed by atoms with Crippen LogP contribution in [0.5, 0.6) is 0 Å². The van der Waals surface area contributed by atoms with Crippen molar-refractivity contribution in [2.45, 2.75) is 26.8 Å². The Bertz CT molecular complexity index is 1170. The van der Waals surface area contributed by atoms with Gasteiger partial charge >= 0.3 is 0 Å². The third-order valence-electron chi connectivity index (χ3n) is 5.55. The maximum Gasteiger partial charge on any atom is 0.295 e. The van der Waals surface area contributed by atoms with Gasteiger partial charge in [0, 0.05) is 20.6 Å². The number of aryl methyl sites for hydroxylation is 1. The summed E-state index contributed by atoms with van der Waals surface area (Å²) in [5.41, 5.74) is 3.68. The van der Waals surface area contributed by atoms with E-state index in [1.807, 2.05) is 42.5 Å². The zero-order valence-electron chi connectivity index (χ0n) is 19.5. The van der Waals surface area contributed by atoms with Crippen LogP contribution in [-0.4, -0.2) is 44.6 Å². The highest BCUT2D eigenvalue weighted by Gasteiger charge is 2.18. The van der Waals surface area contributed by atoms with Gasteiger partial charge in [0.2, 0.25) is 11.8 Å². The number of benzene rings is 2. The maximum absolute atomic E-state index is 12.9. The van der Waals surface area contributed by atoms with Crippen molar-refractivity contribution in [2.75, 3.05) is 23.9 Å². The minimum atomic E-state index is -0.309. The molecule has 0 unspecified atom stereocenters. The van der Waals surface area contributed by atoms with Crippen LogP contribution in [0.4, 0.5) is 5.69 Å². The van der Waals surface area contributed by atoms with E-state index < -0.39 is 0 Å². The Morgan fingerprint density at radius 1 is 1.00 bits per heavy atom. The predicted molar refractivity (Wildman–Crippen MR) is 134 cm³/mol. The van der Waals surface area contributed by atoms with Gasteiger partial charge in [-0.25, -0.2) is 4.68 Å². The van der Waals surface area contributed by atoms with E-state index in [0.29, 0.717) is 12.2 Å². The molecule has 0 fully saturated rings. The zero-order valence-corrected chi connectivity index (χ0v) is 20.3. The average Bonchev–Trinajstić information content (AvgIpc) is 3.03. The van der Waals surface area contributed by atoms with Crippen LogP contribution in [0.3, 0.4) is 0 Å². The van der Waals surface area contributed by atoms with Crippen molar-refractivity contribution in [3.63, 3.8) is 0 Å². The molecule has 0 saturated heterocycles. The van der Waals surface area contributed by atoms with Crippen molar-refractivity contribution in [2.24, 2.45) is 7.05 Å². The number of rotatable bonds is 9. The van der Waals surface area contributed by atoms with E-state index in [1.54, 1.807) is 30.6 Å². The number of aromatic nitrogens is 2. The van der Waals surface area contributed by atoms with Gasteiger partial charge in [-0.15, -0.1) is 11.8 Å². The summed E-state index contributed by atoms with van der Waals surface area (Å²) in [4.78, 5) is 39.5. The highest BCUT2D eigenvalue weighted by molar-refractivity contribution is 8.00. The molecule has 0 aliphatic rings. The maximum atomic E-state index is 12.9. The summed E-state index contributed by atoms with van der Waals surface area (Å²) in [5, 5.41) is 2.72. The number of hydrogen-bond donors (Lipinski definition) is 1. The topological polar surface area (TPSA) is 76.3 Å². The van der Waals surface area contributed by atoms with Gasteiger partial charge in [0.25, 0.3) is 5.56 Å². The number of carbonyl (C=O) groups is 2. The Morgan fingerprint density at radius 3 is 2.27 bits per heavy atom. The molecule has 0 atom stereocenters. The summed E-state index contributed by atoms with van der Waals surface area (Å²) in [6.07, 6.45) is 0.982. The summed E-state index contributed by atoms with van der Waals surface area (Å²) < 4.78 is 3.23. The fourth-order valence-electron chi connectivity index (χ4n) is 3.47. The fourth-order valence-corrected chi connectivity index (χ4v) is 4.23. The quantitative estimate of drug-likeness (QED) is 0.525. The summed E-state index contributed by atoms with van der Waals surface area (Å²) >= 11 is 1.23. The van der Waals surface area contributed by atoms with E-state index in [1.165, 1.54) is 22.0 Å². The number of nitrogens with one attached hydrogen (secondary N) is 1. The van der Waals surface area contributed by atoms with Gasteiger partial charge in [-0.05, 0) is 36.6 Å². The molecule has 8 heteroatoms. The first kappa shape index (κ1) is 24.4. The van der Waals surface area contributed by atoms with Crippen LogP contribution in [0, 0.1) is 6.92 Å². The summed E-state index contributed by atoms with van der Waals surface area (Å²) in [6.45, 7) is 4.42.